The molecule has 0 unspecified atom stereocenters. The van der Waals surface area contributed by atoms with Gasteiger partial charge in [0.2, 0.25) is 0 Å². The molecular formula is C48H29N3. The van der Waals surface area contributed by atoms with E-state index >= 15 is 0 Å². The van der Waals surface area contributed by atoms with Gasteiger partial charge >= 0.3 is 0 Å². The fourth-order valence-electron chi connectivity index (χ4n) is 8.33. The maximum atomic E-state index is 5.28. The highest BCUT2D eigenvalue weighted by atomic mass is 15.0. The zero-order valence-electron chi connectivity index (χ0n) is 27.6. The Bertz CT molecular complexity index is 3010. The summed E-state index contributed by atoms with van der Waals surface area (Å²) in [4.78, 5) is 10.5. The number of aromatic nitrogens is 3. The molecule has 0 atom stereocenters. The fourth-order valence-corrected chi connectivity index (χ4v) is 8.33. The topological polar surface area (TPSA) is 30.7 Å². The summed E-state index contributed by atoms with van der Waals surface area (Å²) in [5.41, 5.74) is 16.7. The molecule has 0 saturated heterocycles. The second-order valence-electron chi connectivity index (χ2n) is 13.3. The van der Waals surface area contributed by atoms with E-state index in [-0.39, 0.29) is 0 Å². The van der Waals surface area contributed by atoms with Crippen molar-refractivity contribution >= 4 is 43.6 Å². The molecule has 0 spiro atoms. The van der Waals surface area contributed by atoms with Crippen molar-refractivity contribution in [2.45, 2.75) is 0 Å². The molecule has 0 amide bonds. The first kappa shape index (κ1) is 28.0. The Morgan fingerprint density at radius 1 is 0.333 bits per heavy atom. The van der Waals surface area contributed by atoms with E-state index in [9.17, 15) is 0 Å². The summed E-state index contributed by atoms with van der Waals surface area (Å²) in [6.07, 6.45) is 0. The molecule has 1 aliphatic carbocycles. The third-order valence-corrected chi connectivity index (χ3v) is 10.5. The van der Waals surface area contributed by atoms with Crippen LogP contribution in [0.5, 0.6) is 0 Å². The molecule has 0 radical (unpaired) electrons. The minimum atomic E-state index is 0.879. The molecule has 10 aromatic rings. The molecule has 0 bridgehead atoms. The Labute approximate surface area is 294 Å². The Morgan fingerprint density at radius 3 is 1.57 bits per heavy atom. The van der Waals surface area contributed by atoms with E-state index in [2.05, 4.69) is 150 Å². The van der Waals surface area contributed by atoms with Crippen molar-refractivity contribution in [1.29, 1.82) is 0 Å². The Balaban J connectivity index is 1.30. The second-order valence-corrected chi connectivity index (χ2v) is 13.3. The summed E-state index contributed by atoms with van der Waals surface area (Å²) < 4.78 is 2.43. The molecule has 2 heterocycles. The summed E-state index contributed by atoms with van der Waals surface area (Å²) in [6.45, 7) is 0. The van der Waals surface area contributed by atoms with Gasteiger partial charge in [0, 0.05) is 27.6 Å². The molecule has 11 rings (SSSR count). The summed E-state index contributed by atoms with van der Waals surface area (Å²) in [5, 5.41) is 4.96. The third-order valence-electron chi connectivity index (χ3n) is 10.5. The van der Waals surface area contributed by atoms with Crippen molar-refractivity contribution in [3.05, 3.63) is 176 Å². The van der Waals surface area contributed by atoms with Crippen molar-refractivity contribution in [1.82, 2.24) is 14.5 Å². The van der Waals surface area contributed by atoms with Crippen LogP contribution >= 0.6 is 0 Å². The minimum Gasteiger partial charge on any atom is -0.309 e. The van der Waals surface area contributed by atoms with Gasteiger partial charge in [-0.1, -0.05) is 133 Å². The zero-order valence-corrected chi connectivity index (χ0v) is 27.6. The van der Waals surface area contributed by atoms with Crippen molar-refractivity contribution in [3.63, 3.8) is 0 Å². The predicted octanol–water partition coefficient (Wildman–Crippen LogP) is 12.5. The standard InChI is InChI=1S/C48H29N3/c1-3-14-30(15-4-1)47-48(50-42-25-12-11-24-41(42)49-47)31-26-27-43-40(28-31)46-38-23-13-22-37-35-20-9-7-18-33(35)34-19-8-10-21-36(34)39(45(37)38)29-44(46)51(43)32-16-5-2-6-17-32/h1-29H. The number of hydrogen-bond acceptors (Lipinski definition) is 2. The highest BCUT2D eigenvalue weighted by Crippen LogP contribution is 2.51. The number of benzene rings is 8. The van der Waals surface area contributed by atoms with Gasteiger partial charge in [0.1, 0.15) is 0 Å². The van der Waals surface area contributed by atoms with Crippen LogP contribution in [0.3, 0.4) is 0 Å². The Morgan fingerprint density at radius 2 is 0.882 bits per heavy atom. The lowest BCUT2D eigenvalue weighted by Gasteiger charge is -2.14. The number of nitrogens with zero attached hydrogens (tertiary/aromatic N) is 3. The van der Waals surface area contributed by atoms with Crippen LogP contribution in [0.25, 0.3) is 105 Å². The van der Waals surface area contributed by atoms with E-state index in [0.717, 1.165) is 44.8 Å². The van der Waals surface area contributed by atoms with Crippen molar-refractivity contribution in [2.24, 2.45) is 0 Å². The number of hydrogen-bond donors (Lipinski definition) is 0. The van der Waals surface area contributed by atoms with Crippen LogP contribution in [0.15, 0.2) is 176 Å². The average molecular weight is 648 g/mol. The quantitative estimate of drug-likeness (QED) is 0.191. The van der Waals surface area contributed by atoms with Gasteiger partial charge in [0.25, 0.3) is 0 Å². The lowest BCUT2D eigenvalue weighted by atomic mass is 9.91. The van der Waals surface area contributed by atoms with Gasteiger partial charge in [-0.05, 0) is 86.6 Å². The summed E-state index contributed by atoms with van der Waals surface area (Å²) in [7, 11) is 0. The van der Waals surface area contributed by atoms with Gasteiger partial charge in [-0.25, -0.2) is 9.97 Å². The van der Waals surface area contributed by atoms with Gasteiger partial charge in [0.15, 0.2) is 0 Å². The van der Waals surface area contributed by atoms with Crippen LogP contribution in [0, 0.1) is 0 Å². The number of rotatable bonds is 3. The van der Waals surface area contributed by atoms with E-state index in [4.69, 9.17) is 9.97 Å². The van der Waals surface area contributed by atoms with E-state index in [1.54, 1.807) is 0 Å². The Hall–Kier alpha value is -6.84. The number of fused-ring (bicyclic) bond motifs is 10. The Kier molecular flexibility index (Phi) is 5.96. The van der Waals surface area contributed by atoms with E-state index in [1.165, 1.54) is 60.4 Å². The average Bonchev–Trinajstić information content (AvgIpc) is 3.48. The van der Waals surface area contributed by atoms with Crippen molar-refractivity contribution < 1.29 is 0 Å². The normalized spacial score (nSPS) is 11.9. The maximum Gasteiger partial charge on any atom is 0.0973 e. The first-order valence-corrected chi connectivity index (χ1v) is 17.4. The maximum absolute atomic E-state index is 5.28. The van der Waals surface area contributed by atoms with Gasteiger partial charge in [-0.2, -0.15) is 0 Å². The molecule has 1 aliphatic rings. The molecule has 2 aromatic heterocycles. The van der Waals surface area contributed by atoms with Crippen molar-refractivity contribution in [2.75, 3.05) is 0 Å². The molecule has 0 N–H and O–H groups in total. The number of para-hydroxylation sites is 3. The SMILES string of the molecule is c1ccc(-c2nc3ccccc3nc2-c2ccc3c(c2)c2c4cccc5c4c(cc2n3-c2ccccc2)-c2ccccc2-c2ccccc2-5)cc1. The highest BCUT2D eigenvalue weighted by molar-refractivity contribution is 6.28. The molecule has 3 nitrogen and oxygen atoms in total. The monoisotopic (exact) mass is 647 g/mol. The fraction of sp³-hybridized carbons (Fsp3) is 0. The lowest BCUT2D eigenvalue weighted by Crippen LogP contribution is -1.96. The third kappa shape index (κ3) is 4.12. The molecule has 236 valence electrons. The summed E-state index contributed by atoms with van der Waals surface area (Å²) >= 11 is 0. The molecule has 0 fully saturated rings. The molecule has 0 saturated carbocycles. The van der Waals surface area contributed by atoms with Crippen LogP contribution in [0.1, 0.15) is 0 Å². The second kappa shape index (κ2) is 10.8. The molecule has 0 aliphatic heterocycles. The van der Waals surface area contributed by atoms with Crippen LogP contribution in [-0.4, -0.2) is 14.5 Å². The van der Waals surface area contributed by atoms with Gasteiger partial charge < -0.3 is 4.57 Å². The molecule has 3 heteroatoms. The van der Waals surface area contributed by atoms with Crippen LogP contribution in [0.4, 0.5) is 0 Å². The first-order valence-electron chi connectivity index (χ1n) is 17.4. The van der Waals surface area contributed by atoms with Crippen molar-refractivity contribution in [3.8, 4) is 61.6 Å². The summed E-state index contributed by atoms with van der Waals surface area (Å²) in [5.74, 6) is 0. The molecule has 8 aromatic carbocycles. The van der Waals surface area contributed by atoms with Gasteiger partial charge in [-0.3, -0.25) is 0 Å². The minimum absolute atomic E-state index is 0.879. The van der Waals surface area contributed by atoms with Crippen LogP contribution < -0.4 is 0 Å². The molecular weight excluding hydrogens is 619 g/mol. The predicted molar refractivity (Wildman–Crippen MR) is 212 cm³/mol. The van der Waals surface area contributed by atoms with E-state index in [0.29, 0.717) is 0 Å². The van der Waals surface area contributed by atoms with Crippen LogP contribution in [0.2, 0.25) is 0 Å². The van der Waals surface area contributed by atoms with E-state index in [1.807, 2.05) is 30.3 Å². The van der Waals surface area contributed by atoms with Gasteiger partial charge in [0.05, 0.1) is 33.5 Å². The zero-order chi connectivity index (χ0) is 33.5. The largest absolute Gasteiger partial charge is 0.309 e. The first-order chi connectivity index (χ1) is 25.3. The van der Waals surface area contributed by atoms with E-state index < -0.39 is 0 Å². The lowest BCUT2D eigenvalue weighted by molar-refractivity contribution is 1.18. The van der Waals surface area contributed by atoms with Gasteiger partial charge in [-0.15, -0.1) is 0 Å². The smallest absolute Gasteiger partial charge is 0.0973 e. The molecule has 51 heavy (non-hydrogen) atoms. The van der Waals surface area contributed by atoms with Crippen LogP contribution in [-0.2, 0) is 0 Å². The highest BCUT2D eigenvalue weighted by Gasteiger charge is 2.25. The summed E-state index contributed by atoms with van der Waals surface area (Å²) in [6, 6.07) is 63.1.